The van der Waals surface area contributed by atoms with Crippen LogP contribution in [0.15, 0.2) is 24.3 Å². The van der Waals surface area contributed by atoms with Gasteiger partial charge in [0.25, 0.3) is 0 Å². The van der Waals surface area contributed by atoms with Crippen LogP contribution in [0.2, 0.25) is 0 Å². The molecule has 0 spiro atoms. The summed E-state index contributed by atoms with van der Waals surface area (Å²) in [4.78, 5) is 19.7. The first-order valence-corrected chi connectivity index (χ1v) is 10.4. The second-order valence-electron chi connectivity index (χ2n) is 5.76. The van der Waals surface area contributed by atoms with Crippen LogP contribution in [0.25, 0.3) is 11.0 Å². The van der Waals surface area contributed by atoms with Crippen molar-refractivity contribution in [2.24, 2.45) is 0 Å². The number of H-pyrrole nitrogens is 1. The fourth-order valence-electron chi connectivity index (χ4n) is 2.61. The number of carbonyl (C=O) groups excluding carboxylic acids is 1. The van der Waals surface area contributed by atoms with E-state index < -0.39 is 9.84 Å². The minimum absolute atomic E-state index is 0.0345. The fraction of sp³-hybridized carbons (Fsp3) is 0.467. The minimum atomic E-state index is -2.89. The number of rotatable bonds is 5. The topological polar surface area (TPSA) is 91.9 Å². The largest absolute Gasteiger partial charge is 0.346 e. The summed E-state index contributed by atoms with van der Waals surface area (Å²) in [6.45, 7) is 1.88. The predicted octanol–water partition coefficient (Wildman–Crippen LogP) is 1.66. The number of benzene rings is 1. The molecule has 0 bridgehead atoms. The molecular weight excluding hydrogens is 334 g/mol. The summed E-state index contributed by atoms with van der Waals surface area (Å²) in [5, 5.41) is 2.93. The van der Waals surface area contributed by atoms with Crippen LogP contribution < -0.4 is 5.32 Å². The van der Waals surface area contributed by atoms with E-state index in [1.54, 1.807) is 0 Å². The summed E-state index contributed by atoms with van der Waals surface area (Å²) in [5.41, 5.74) is 1.81. The van der Waals surface area contributed by atoms with Gasteiger partial charge < -0.3 is 10.3 Å². The number of aromatic amines is 1. The van der Waals surface area contributed by atoms with Gasteiger partial charge in [-0.1, -0.05) is 12.1 Å². The standard InChI is InChI=1S/C15H19N3O3S2/c1-10(15-17-12-4-2-3-5-13(12)18-15)16-14(19)8-22-11-6-7-23(20,21)9-11/h2-5,10-11H,6-9H2,1H3,(H,16,19)(H,17,18)/t10-,11-/m1/s1. The van der Waals surface area contributed by atoms with Gasteiger partial charge in [-0.05, 0) is 25.5 Å². The Morgan fingerprint density at radius 2 is 2.26 bits per heavy atom. The Morgan fingerprint density at radius 1 is 1.48 bits per heavy atom. The lowest BCUT2D eigenvalue weighted by Crippen LogP contribution is -2.29. The lowest BCUT2D eigenvalue weighted by Gasteiger charge is -2.12. The van der Waals surface area contributed by atoms with Crippen molar-refractivity contribution in [1.82, 2.24) is 15.3 Å². The Morgan fingerprint density at radius 3 is 2.96 bits per heavy atom. The molecule has 23 heavy (non-hydrogen) atoms. The Labute approximate surface area is 139 Å². The van der Waals surface area contributed by atoms with Gasteiger partial charge in [0.1, 0.15) is 5.82 Å². The van der Waals surface area contributed by atoms with Gasteiger partial charge in [0.15, 0.2) is 9.84 Å². The normalized spacial score (nSPS) is 21.3. The van der Waals surface area contributed by atoms with Gasteiger partial charge in [-0.25, -0.2) is 13.4 Å². The van der Waals surface area contributed by atoms with Gasteiger partial charge in [-0.2, -0.15) is 0 Å². The average molecular weight is 353 g/mol. The number of nitrogens with one attached hydrogen (secondary N) is 2. The number of aromatic nitrogens is 2. The number of thioether (sulfide) groups is 1. The van der Waals surface area contributed by atoms with E-state index in [-0.39, 0.29) is 34.5 Å². The van der Waals surface area contributed by atoms with Crippen LogP contribution >= 0.6 is 11.8 Å². The van der Waals surface area contributed by atoms with E-state index in [0.29, 0.717) is 12.2 Å². The van der Waals surface area contributed by atoms with Crippen molar-refractivity contribution in [3.8, 4) is 0 Å². The molecule has 0 saturated carbocycles. The van der Waals surface area contributed by atoms with E-state index in [1.807, 2.05) is 31.2 Å². The fourth-order valence-corrected chi connectivity index (χ4v) is 6.07. The Bertz CT molecular complexity index is 783. The Hall–Kier alpha value is -1.54. The van der Waals surface area contributed by atoms with Crippen LogP contribution in [-0.4, -0.2) is 46.8 Å². The van der Waals surface area contributed by atoms with Gasteiger partial charge in [0, 0.05) is 5.25 Å². The molecule has 1 aromatic carbocycles. The molecule has 2 atom stereocenters. The summed E-state index contributed by atoms with van der Waals surface area (Å²) in [6, 6.07) is 7.49. The van der Waals surface area contributed by atoms with E-state index in [0.717, 1.165) is 11.0 Å². The Balaban J connectivity index is 1.53. The second kappa shape index (κ2) is 6.52. The average Bonchev–Trinajstić information content (AvgIpc) is 3.08. The zero-order valence-corrected chi connectivity index (χ0v) is 14.4. The third-order valence-electron chi connectivity index (χ3n) is 3.84. The van der Waals surface area contributed by atoms with Gasteiger partial charge in [-0.15, -0.1) is 11.8 Å². The number of imidazole rings is 1. The van der Waals surface area contributed by atoms with Crippen molar-refractivity contribution in [3.05, 3.63) is 30.1 Å². The van der Waals surface area contributed by atoms with E-state index in [9.17, 15) is 13.2 Å². The number of hydrogen-bond donors (Lipinski definition) is 2. The molecule has 2 heterocycles. The van der Waals surface area contributed by atoms with Crippen LogP contribution in [0.5, 0.6) is 0 Å². The summed E-state index contributed by atoms with van der Waals surface area (Å²) in [6.07, 6.45) is 0.638. The first-order valence-electron chi connectivity index (χ1n) is 7.49. The number of amides is 1. The van der Waals surface area contributed by atoms with Crippen molar-refractivity contribution >= 4 is 38.5 Å². The van der Waals surface area contributed by atoms with Crippen molar-refractivity contribution in [2.75, 3.05) is 17.3 Å². The molecule has 1 fully saturated rings. The summed E-state index contributed by atoms with van der Waals surface area (Å²) < 4.78 is 22.8. The van der Waals surface area contributed by atoms with Gasteiger partial charge in [0.2, 0.25) is 5.91 Å². The van der Waals surface area contributed by atoms with Crippen LogP contribution in [0.3, 0.4) is 0 Å². The number of fused-ring (bicyclic) bond motifs is 1. The first-order chi connectivity index (χ1) is 10.9. The lowest BCUT2D eigenvalue weighted by atomic mass is 10.3. The molecule has 3 rings (SSSR count). The third-order valence-corrected chi connectivity index (χ3v) is 7.12. The third kappa shape index (κ3) is 4.06. The van der Waals surface area contributed by atoms with E-state index in [2.05, 4.69) is 15.3 Å². The molecule has 0 aliphatic carbocycles. The number of nitrogens with zero attached hydrogens (tertiary/aromatic N) is 1. The monoisotopic (exact) mass is 353 g/mol. The van der Waals surface area contributed by atoms with Gasteiger partial charge >= 0.3 is 0 Å². The molecule has 2 aromatic rings. The zero-order valence-electron chi connectivity index (χ0n) is 12.8. The molecule has 1 amide bonds. The van der Waals surface area contributed by atoms with Crippen LogP contribution in [0.4, 0.5) is 0 Å². The first kappa shape index (κ1) is 16.3. The van der Waals surface area contributed by atoms with Gasteiger partial charge in [0.05, 0.1) is 34.3 Å². The molecule has 1 aromatic heterocycles. The molecule has 2 N–H and O–H groups in total. The summed E-state index contributed by atoms with van der Waals surface area (Å²) in [7, 11) is -2.89. The molecule has 124 valence electrons. The van der Waals surface area contributed by atoms with Crippen molar-refractivity contribution in [2.45, 2.75) is 24.6 Å². The quantitative estimate of drug-likeness (QED) is 0.853. The highest BCUT2D eigenvalue weighted by molar-refractivity contribution is 8.02. The summed E-state index contributed by atoms with van der Waals surface area (Å²) >= 11 is 1.41. The molecule has 6 nitrogen and oxygen atoms in total. The number of sulfone groups is 1. The predicted molar refractivity (Wildman–Crippen MR) is 92.2 cm³/mol. The number of hydrogen-bond acceptors (Lipinski definition) is 5. The molecular formula is C15H19N3O3S2. The van der Waals surface area contributed by atoms with E-state index in [1.165, 1.54) is 11.8 Å². The van der Waals surface area contributed by atoms with Crippen LogP contribution in [0.1, 0.15) is 25.2 Å². The van der Waals surface area contributed by atoms with E-state index in [4.69, 9.17) is 0 Å². The number of para-hydroxylation sites is 2. The van der Waals surface area contributed by atoms with E-state index >= 15 is 0 Å². The molecule has 1 aliphatic heterocycles. The Kier molecular flexibility index (Phi) is 4.63. The smallest absolute Gasteiger partial charge is 0.230 e. The zero-order chi connectivity index (χ0) is 16.4. The minimum Gasteiger partial charge on any atom is -0.346 e. The van der Waals surface area contributed by atoms with Crippen molar-refractivity contribution < 1.29 is 13.2 Å². The van der Waals surface area contributed by atoms with Crippen molar-refractivity contribution in [1.29, 1.82) is 0 Å². The van der Waals surface area contributed by atoms with Crippen molar-refractivity contribution in [3.63, 3.8) is 0 Å². The van der Waals surface area contributed by atoms with Crippen LogP contribution in [-0.2, 0) is 14.6 Å². The maximum atomic E-state index is 12.0. The second-order valence-corrected chi connectivity index (χ2v) is 9.28. The molecule has 1 saturated heterocycles. The maximum Gasteiger partial charge on any atom is 0.230 e. The SMILES string of the molecule is C[C@@H](NC(=O)CS[C@@H]1CCS(=O)(=O)C1)c1nc2ccccc2[nH]1. The molecule has 0 unspecified atom stereocenters. The maximum absolute atomic E-state index is 12.0. The molecule has 0 radical (unpaired) electrons. The number of carbonyl (C=O) groups is 1. The highest BCUT2D eigenvalue weighted by atomic mass is 32.2. The molecule has 8 heteroatoms. The molecule has 1 aliphatic rings. The van der Waals surface area contributed by atoms with Gasteiger partial charge in [-0.3, -0.25) is 4.79 Å². The lowest BCUT2D eigenvalue weighted by molar-refractivity contribution is -0.119. The highest BCUT2D eigenvalue weighted by Crippen LogP contribution is 2.24. The van der Waals surface area contributed by atoms with Crippen LogP contribution in [0, 0.1) is 0 Å². The highest BCUT2D eigenvalue weighted by Gasteiger charge is 2.28. The summed E-state index contributed by atoms with van der Waals surface area (Å²) in [5.74, 6) is 1.30.